The summed E-state index contributed by atoms with van der Waals surface area (Å²) in [7, 11) is 0. The molecule has 3 aromatic rings. The lowest BCUT2D eigenvalue weighted by molar-refractivity contribution is 0.590. The van der Waals surface area contributed by atoms with Crippen LogP contribution in [0, 0.1) is 0 Å². The van der Waals surface area contributed by atoms with Gasteiger partial charge in [0.2, 0.25) is 5.16 Å². The van der Waals surface area contributed by atoms with Gasteiger partial charge in [-0.2, -0.15) is 0 Å². The Morgan fingerprint density at radius 1 is 1.08 bits per heavy atom. The van der Waals surface area contributed by atoms with E-state index >= 15 is 0 Å². The molecule has 1 heterocycles. The van der Waals surface area contributed by atoms with E-state index in [0.29, 0.717) is 0 Å². The predicted octanol–water partition coefficient (Wildman–Crippen LogP) is 5.71. The summed E-state index contributed by atoms with van der Waals surface area (Å²) in [6.07, 6.45) is 0. The van der Waals surface area contributed by atoms with Gasteiger partial charge in [-0.1, -0.05) is 80.5 Å². The van der Waals surface area contributed by atoms with E-state index < -0.39 is 0 Å². The van der Waals surface area contributed by atoms with Crippen LogP contribution in [0.4, 0.5) is 0 Å². The number of nitrogens with zero attached hydrogens (tertiary/aromatic N) is 2. The normalized spacial score (nSPS) is 11.7. The molecule has 0 spiro atoms. The van der Waals surface area contributed by atoms with Crippen LogP contribution in [0.25, 0.3) is 11.4 Å². The molecule has 3 nitrogen and oxygen atoms in total. The van der Waals surface area contributed by atoms with Crippen LogP contribution in [-0.2, 0) is 11.2 Å². The zero-order valence-electron chi connectivity index (χ0n) is 14.0. The van der Waals surface area contributed by atoms with E-state index in [2.05, 4.69) is 66.3 Å². The van der Waals surface area contributed by atoms with Gasteiger partial charge in [0.25, 0.3) is 0 Å². The number of halogens is 1. The second kappa shape index (κ2) is 6.99. The van der Waals surface area contributed by atoms with Gasteiger partial charge >= 0.3 is 0 Å². The van der Waals surface area contributed by atoms with Crippen LogP contribution in [0.2, 0.25) is 5.02 Å². The van der Waals surface area contributed by atoms with Crippen LogP contribution in [0.1, 0.15) is 31.9 Å². The van der Waals surface area contributed by atoms with Crippen LogP contribution in [0.3, 0.4) is 0 Å². The maximum Gasteiger partial charge on any atom is 0.209 e. The Morgan fingerprint density at radius 3 is 2.50 bits per heavy atom. The Balaban J connectivity index is 1.69. The minimum absolute atomic E-state index is 0.151. The third kappa shape index (κ3) is 4.19. The fourth-order valence-corrected chi connectivity index (χ4v) is 3.30. The van der Waals surface area contributed by atoms with Crippen molar-refractivity contribution in [3.8, 4) is 11.4 Å². The second-order valence-corrected chi connectivity index (χ2v) is 8.09. The highest BCUT2D eigenvalue weighted by atomic mass is 35.5. The number of rotatable bonds is 4. The lowest BCUT2D eigenvalue weighted by Gasteiger charge is -2.18. The van der Waals surface area contributed by atoms with Crippen molar-refractivity contribution in [2.45, 2.75) is 37.1 Å². The fraction of sp³-hybridized carbons (Fsp3) is 0.263. The lowest BCUT2D eigenvalue weighted by Crippen LogP contribution is -2.10. The molecule has 24 heavy (non-hydrogen) atoms. The highest BCUT2D eigenvalue weighted by molar-refractivity contribution is 7.98. The molecule has 3 rings (SSSR count). The molecule has 0 saturated heterocycles. The zero-order valence-corrected chi connectivity index (χ0v) is 15.6. The number of H-pyrrole nitrogens is 1. The van der Waals surface area contributed by atoms with Gasteiger partial charge in [0, 0.05) is 16.3 Å². The summed E-state index contributed by atoms with van der Waals surface area (Å²) in [4.78, 5) is 4.57. The number of aromatic amines is 1. The maximum absolute atomic E-state index is 6.01. The van der Waals surface area contributed by atoms with Crippen molar-refractivity contribution < 1.29 is 0 Å². The first-order valence-electron chi connectivity index (χ1n) is 7.82. The Hall–Kier alpha value is -1.78. The van der Waals surface area contributed by atoms with E-state index in [1.54, 1.807) is 11.8 Å². The molecule has 124 valence electrons. The van der Waals surface area contributed by atoms with Crippen molar-refractivity contribution in [1.29, 1.82) is 0 Å². The molecule has 1 aromatic heterocycles. The van der Waals surface area contributed by atoms with Crippen molar-refractivity contribution in [1.82, 2.24) is 15.2 Å². The number of aromatic nitrogens is 3. The molecule has 0 aliphatic heterocycles. The minimum atomic E-state index is 0.151. The molecule has 0 fully saturated rings. The smallest absolute Gasteiger partial charge is 0.209 e. The highest BCUT2D eigenvalue weighted by Gasteiger charge is 2.14. The van der Waals surface area contributed by atoms with E-state index in [9.17, 15) is 0 Å². The predicted molar refractivity (Wildman–Crippen MR) is 102 cm³/mol. The van der Waals surface area contributed by atoms with E-state index in [1.165, 1.54) is 5.56 Å². The van der Waals surface area contributed by atoms with Crippen molar-refractivity contribution >= 4 is 23.4 Å². The Bertz CT molecular complexity index is 819. The molecule has 0 aliphatic rings. The SMILES string of the molecule is CC(C)(C)c1ccc(-c2nc(SCc3cccc(Cl)c3)n[nH]2)cc1. The summed E-state index contributed by atoms with van der Waals surface area (Å²) >= 11 is 7.60. The molecule has 1 N–H and O–H groups in total. The van der Waals surface area contributed by atoms with Crippen molar-refractivity contribution in [3.05, 3.63) is 64.7 Å². The summed E-state index contributed by atoms with van der Waals surface area (Å²) in [5, 5.41) is 8.81. The molecule has 2 aromatic carbocycles. The molecule has 5 heteroatoms. The van der Waals surface area contributed by atoms with Crippen LogP contribution in [0.5, 0.6) is 0 Å². The molecule has 0 bridgehead atoms. The van der Waals surface area contributed by atoms with E-state index in [1.807, 2.05) is 18.2 Å². The molecule has 0 amide bonds. The maximum atomic E-state index is 6.01. The molecule has 0 saturated carbocycles. The lowest BCUT2D eigenvalue weighted by atomic mass is 9.87. The topological polar surface area (TPSA) is 41.6 Å². The third-order valence-electron chi connectivity index (χ3n) is 3.75. The molecule has 0 radical (unpaired) electrons. The summed E-state index contributed by atoms with van der Waals surface area (Å²) in [5.74, 6) is 1.59. The van der Waals surface area contributed by atoms with E-state index in [0.717, 1.165) is 32.9 Å². The first kappa shape index (κ1) is 17.1. The summed E-state index contributed by atoms with van der Waals surface area (Å²) in [6.45, 7) is 6.63. The Labute approximate surface area is 151 Å². The molecule has 0 unspecified atom stereocenters. The van der Waals surface area contributed by atoms with Crippen LogP contribution < -0.4 is 0 Å². The molecular weight excluding hydrogens is 338 g/mol. The van der Waals surface area contributed by atoms with Gasteiger partial charge in [-0.25, -0.2) is 4.98 Å². The van der Waals surface area contributed by atoms with Gasteiger partial charge in [0.05, 0.1) is 0 Å². The van der Waals surface area contributed by atoms with Gasteiger partial charge in [-0.05, 0) is 28.7 Å². The van der Waals surface area contributed by atoms with Crippen LogP contribution >= 0.6 is 23.4 Å². The van der Waals surface area contributed by atoms with E-state index in [-0.39, 0.29) is 5.41 Å². The first-order chi connectivity index (χ1) is 11.4. The third-order valence-corrected chi connectivity index (χ3v) is 4.90. The monoisotopic (exact) mass is 357 g/mol. The van der Waals surface area contributed by atoms with Crippen LogP contribution in [0.15, 0.2) is 53.7 Å². The minimum Gasteiger partial charge on any atom is -0.258 e. The largest absolute Gasteiger partial charge is 0.258 e. The average molecular weight is 358 g/mol. The molecular formula is C19H20ClN3S. The number of hydrogen-bond donors (Lipinski definition) is 1. The van der Waals surface area contributed by atoms with Crippen LogP contribution in [-0.4, -0.2) is 15.2 Å². The van der Waals surface area contributed by atoms with Crippen molar-refractivity contribution in [2.75, 3.05) is 0 Å². The Kier molecular flexibility index (Phi) is 4.97. The van der Waals surface area contributed by atoms with Crippen molar-refractivity contribution in [2.24, 2.45) is 0 Å². The second-order valence-electron chi connectivity index (χ2n) is 6.71. The number of hydrogen-bond acceptors (Lipinski definition) is 3. The van der Waals surface area contributed by atoms with Gasteiger partial charge < -0.3 is 0 Å². The molecule has 0 atom stereocenters. The standard InChI is InChI=1S/C19H20ClN3S/c1-19(2,3)15-9-7-14(8-10-15)17-21-18(23-22-17)24-12-13-5-4-6-16(20)11-13/h4-11H,12H2,1-3H3,(H,21,22,23). The summed E-state index contributed by atoms with van der Waals surface area (Å²) in [6, 6.07) is 16.3. The number of thioether (sulfide) groups is 1. The van der Waals surface area contributed by atoms with Gasteiger partial charge in [0.1, 0.15) is 0 Å². The summed E-state index contributed by atoms with van der Waals surface area (Å²) < 4.78 is 0. The summed E-state index contributed by atoms with van der Waals surface area (Å²) in [5.41, 5.74) is 3.66. The first-order valence-corrected chi connectivity index (χ1v) is 9.19. The Morgan fingerprint density at radius 2 is 1.83 bits per heavy atom. The van der Waals surface area contributed by atoms with E-state index in [4.69, 9.17) is 11.6 Å². The van der Waals surface area contributed by atoms with Gasteiger partial charge in [-0.15, -0.1) is 5.10 Å². The molecule has 0 aliphatic carbocycles. The van der Waals surface area contributed by atoms with Crippen molar-refractivity contribution in [3.63, 3.8) is 0 Å². The zero-order chi connectivity index (χ0) is 17.2. The number of benzene rings is 2. The highest BCUT2D eigenvalue weighted by Crippen LogP contribution is 2.26. The van der Waals surface area contributed by atoms with Gasteiger partial charge in [0.15, 0.2) is 5.82 Å². The fourth-order valence-electron chi connectivity index (χ4n) is 2.34. The quantitative estimate of drug-likeness (QED) is 0.607. The average Bonchev–Trinajstić information content (AvgIpc) is 3.01. The number of nitrogens with one attached hydrogen (secondary N) is 1. The van der Waals surface area contributed by atoms with Gasteiger partial charge in [-0.3, -0.25) is 5.10 Å².